The van der Waals surface area contributed by atoms with Gasteiger partial charge in [-0.3, -0.25) is 10.1 Å². The third-order valence-electron chi connectivity index (χ3n) is 3.75. The molecule has 6 heteroatoms. The van der Waals surface area contributed by atoms with E-state index in [-0.39, 0.29) is 5.69 Å². The summed E-state index contributed by atoms with van der Waals surface area (Å²) in [6, 6.07) is 4.01. The molecule has 6 nitrogen and oxygen atoms in total. The normalized spacial score (nSPS) is 19.4. The summed E-state index contributed by atoms with van der Waals surface area (Å²) < 4.78 is 0. The van der Waals surface area contributed by atoms with E-state index in [0.717, 1.165) is 24.8 Å². The maximum Gasteiger partial charge on any atom is 0.326 e. The number of nitrogens with zero attached hydrogens (tertiary/aromatic N) is 2. The third-order valence-corrected chi connectivity index (χ3v) is 3.75. The zero-order valence-electron chi connectivity index (χ0n) is 11.4. The maximum atomic E-state index is 11.4. The predicted octanol–water partition coefficient (Wildman–Crippen LogP) is 2.74. The molecule has 0 radical (unpaired) electrons. The summed E-state index contributed by atoms with van der Waals surface area (Å²) in [5, 5.41) is 20.3. The van der Waals surface area contributed by atoms with Crippen LogP contribution in [-0.4, -0.2) is 28.6 Å². The quantitative estimate of drug-likeness (QED) is 0.679. The van der Waals surface area contributed by atoms with Gasteiger partial charge in [-0.15, -0.1) is 0 Å². The van der Waals surface area contributed by atoms with Crippen LogP contribution in [0.3, 0.4) is 0 Å². The molecular weight excluding hydrogens is 260 g/mol. The van der Waals surface area contributed by atoms with E-state index in [2.05, 4.69) is 0 Å². The second-order valence-electron chi connectivity index (χ2n) is 5.12. The monoisotopic (exact) mass is 278 g/mol. The van der Waals surface area contributed by atoms with Crippen LogP contribution in [0.15, 0.2) is 18.2 Å². The molecule has 1 heterocycles. The minimum Gasteiger partial charge on any atom is -0.480 e. The second kappa shape index (κ2) is 5.90. The van der Waals surface area contributed by atoms with Gasteiger partial charge in [-0.05, 0) is 25.3 Å². The summed E-state index contributed by atoms with van der Waals surface area (Å²) in [5.74, 6) is -0.863. The lowest BCUT2D eigenvalue weighted by molar-refractivity contribution is -0.384. The Hall–Kier alpha value is -2.11. The molecule has 1 atom stereocenters. The van der Waals surface area contributed by atoms with Gasteiger partial charge in [0, 0.05) is 24.4 Å². The van der Waals surface area contributed by atoms with Crippen LogP contribution in [-0.2, 0) is 4.79 Å². The molecule has 20 heavy (non-hydrogen) atoms. The van der Waals surface area contributed by atoms with Crippen LogP contribution in [0.4, 0.5) is 11.4 Å². The van der Waals surface area contributed by atoms with Gasteiger partial charge in [0.1, 0.15) is 6.04 Å². The Morgan fingerprint density at radius 2 is 2.15 bits per heavy atom. The topological polar surface area (TPSA) is 83.7 Å². The summed E-state index contributed by atoms with van der Waals surface area (Å²) in [4.78, 5) is 23.7. The molecule has 0 bridgehead atoms. The molecule has 108 valence electrons. The average Bonchev–Trinajstić information content (AvgIpc) is 2.64. The summed E-state index contributed by atoms with van der Waals surface area (Å²) in [6.45, 7) is 2.47. The van der Waals surface area contributed by atoms with Crippen molar-refractivity contribution in [2.75, 3.05) is 11.4 Å². The van der Waals surface area contributed by atoms with Crippen LogP contribution < -0.4 is 4.90 Å². The van der Waals surface area contributed by atoms with Gasteiger partial charge in [0.05, 0.1) is 4.92 Å². The van der Waals surface area contributed by atoms with Gasteiger partial charge >= 0.3 is 5.97 Å². The van der Waals surface area contributed by atoms with Crippen molar-refractivity contribution in [1.29, 1.82) is 0 Å². The highest BCUT2D eigenvalue weighted by Gasteiger charge is 2.29. The van der Waals surface area contributed by atoms with Crippen LogP contribution in [0.5, 0.6) is 0 Å². The molecule has 0 spiro atoms. The number of hydrogen-bond donors (Lipinski definition) is 1. The first-order valence-corrected chi connectivity index (χ1v) is 6.75. The Bertz CT molecular complexity index is 530. The van der Waals surface area contributed by atoms with Crippen LogP contribution in [0.1, 0.15) is 31.2 Å². The van der Waals surface area contributed by atoms with Crippen molar-refractivity contribution in [2.24, 2.45) is 0 Å². The van der Waals surface area contributed by atoms with Crippen molar-refractivity contribution in [3.8, 4) is 0 Å². The number of carboxylic acid groups (broad SMARTS) is 1. The lowest BCUT2D eigenvalue weighted by Crippen LogP contribution is -2.41. The van der Waals surface area contributed by atoms with Gasteiger partial charge in [-0.1, -0.05) is 18.9 Å². The fourth-order valence-electron chi connectivity index (χ4n) is 2.67. The number of non-ortho nitro benzene ring substituents is 1. The highest BCUT2D eigenvalue weighted by molar-refractivity contribution is 5.79. The molecule has 0 aromatic heterocycles. The second-order valence-corrected chi connectivity index (χ2v) is 5.12. The molecule has 0 amide bonds. The highest BCUT2D eigenvalue weighted by Crippen LogP contribution is 2.30. The summed E-state index contributed by atoms with van der Waals surface area (Å²) in [7, 11) is 0. The van der Waals surface area contributed by atoms with E-state index in [9.17, 15) is 20.0 Å². The van der Waals surface area contributed by atoms with Crippen molar-refractivity contribution in [3.05, 3.63) is 33.9 Å². The Morgan fingerprint density at radius 3 is 2.80 bits per heavy atom. The number of aryl methyl sites for hydroxylation is 1. The third kappa shape index (κ3) is 2.89. The largest absolute Gasteiger partial charge is 0.480 e. The summed E-state index contributed by atoms with van der Waals surface area (Å²) in [6.07, 6.45) is 3.36. The minimum atomic E-state index is -0.863. The van der Waals surface area contributed by atoms with Crippen molar-refractivity contribution in [1.82, 2.24) is 0 Å². The number of anilines is 1. The van der Waals surface area contributed by atoms with E-state index < -0.39 is 16.9 Å². The standard InChI is InChI=1S/C14H18N2O4/c1-10-6-7-11(16(19)20)9-13(10)15-8-4-2-3-5-12(15)14(17)18/h6-7,9,12H,2-5,8H2,1H3,(H,17,18). The van der Waals surface area contributed by atoms with Gasteiger partial charge in [0.25, 0.3) is 5.69 Å². The average molecular weight is 278 g/mol. The lowest BCUT2D eigenvalue weighted by Gasteiger charge is -2.30. The first kappa shape index (κ1) is 14.3. The molecule has 0 aliphatic carbocycles. The number of rotatable bonds is 3. The summed E-state index contributed by atoms with van der Waals surface area (Å²) in [5.41, 5.74) is 1.52. The van der Waals surface area contributed by atoms with Crippen LogP contribution >= 0.6 is 0 Å². The molecule has 1 aliphatic heterocycles. The van der Waals surface area contributed by atoms with E-state index in [0.29, 0.717) is 18.7 Å². The van der Waals surface area contributed by atoms with Crippen molar-refractivity contribution in [2.45, 2.75) is 38.6 Å². The Kier molecular flexibility index (Phi) is 4.22. The SMILES string of the molecule is Cc1ccc([N+](=O)[O-])cc1N1CCCCCC1C(=O)O. The van der Waals surface area contributed by atoms with E-state index >= 15 is 0 Å². The number of benzene rings is 1. The zero-order chi connectivity index (χ0) is 14.7. The van der Waals surface area contributed by atoms with Gasteiger partial charge in [0.15, 0.2) is 0 Å². The molecule has 0 saturated carbocycles. The van der Waals surface area contributed by atoms with Crippen molar-refractivity contribution < 1.29 is 14.8 Å². The predicted molar refractivity (Wildman–Crippen MR) is 75.1 cm³/mol. The molecular formula is C14H18N2O4. The van der Waals surface area contributed by atoms with E-state index in [1.54, 1.807) is 11.0 Å². The number of hydrogen-bond acceptors (Lipinski definition) is 4. The first-order valence-electron chi connectivity index (χ1n) is 6.75. The number of nitro benzene ring substituents is 1. The number of nitro groups is 1. The highest BCUT2D eigenvalue weighted by atomic mass is 16.6. The molecule has 1 aliphatic rings. The van der Waals surface area contributed by atoms with E-state index in [1.807, 2.05) is 6.92 Å². The van der Waals surface area contributed by atoms with Crippen molar-refractivity contribution in [3.63, 3.8) is 0 Å². The van der Waals surface area contributed by atoms with Gasteiger partial charge in [-0.2, -0.15) is 0 Å². The fraction of sp³-hybridized carbons (Fsp3) is 0.500. The molecule has 1 N–H and O–H groups in total. The number of carbonyl (C=O) groups is 1. The first-order chi connectivity index (χ1) is 9.50. The van der Waals surface area contributed by atoms with Crippen molar-refractivity contribution >= 4 is 17.3 Å². The Balaban J connectivity index is 2.42. The molecule has 1 fully saturated rings. The minimum absolute atomic E-state index is 0.000939. The summed E-state index contributed by atoms with van der Waals surface area (Å²) >= 11 is 0. The zero-order valence-corrected chi connectivity index (χ0v) is 11.4. The van der Waals surface area contributed by atoms with Gasteiger partial charge in [0.2, 0.25) is 0 Å². The molecule has 2 rings (SSSR count). The molecule has 1 aromatic rings. The number of carboxylic acids is 1. The fourth-order valence-corrected chi connectivity index (χ4v) is 2.67. The lowest BCUT2D eigenvalue weighted by atomic mass is 10.1. The van der Waals surface area contributed by atoms with Crippen LogP contribution in [0.25, 0.3) is 0 Å². The van der Waals surface area contributed by atoms with Gasteiger partial charge < -0.3 is 10.0 Å². The molecule has 1 aromatic carbocycles. The Labute approximate surface area is 117 Å². The molecule has 1 saturated heterocycles. The number of aliphatic carboxylic acids is 1. The van der Waals surface area contributed by atoms with E-state index in [4.69, 9.17) is 0 Å². The van der Waals surface area contributed by atoms with E-state index in [1.165, 1.54) is 12.1 Å². The van der Waals surface area contributed by atoms with Gasteiger partial charge in [-0.25, -0.2) is 4.79 Å². The maximum absolute atomic E-state index is 11.4. The van der Waals surface area contributed by atoms with Crippen LogP contribution in [0.2, 0.25) is 0 Å². The Morgan fingerprint density at radius 1 is 1.40 bits per heavy atom. The smallest absolute Gasteiger partial charge is 0.326 e. The molecule has 1 unspecified atom stereocenters. The van der Waals surface area contributed by atoms with Crippen LogP contribution in [0, 0.1) is 17.0 Å².